The Hall–Kier alpha value is -2.36. The highest BCUT2D eigenvalue weighted by molar-refractivity contribution is 7.07. The Labute approximate surface area is 145 Å². The van der Waals surface area contributed by atoms with E-state index in [1.165, 1.54) is 0 Å². The van der Waals surface area contributed by atoms with E-state index in [-0.39, 0.29) is 18.2 Å². The Kier molecular flexibility index (Phi) is 5.14. The summed E-state index contributed by atoms with van der Waals surface area (Å²) in [6, 6.07) is 11.3. The van der Waals surface area contributed by atoms with Crippen molar-refractivity contribution in [1.29, 1.82) is 5.26 Å². The SMILES string of the molecule is C[C@H]1CN(C(=O)NCc2cccc(C#N)c2)C[C@@H](c2ccsc2)O1. The van der Waals surface area contributed by atoms with Crippen LogP contribution in [0.2, 0.25) is 0 Å². The van der Waals surface area contributed by atoms with E-state index in [2.05, 4.69) is 16.8 Å². The minimum absolute atomic E-state index is 0.00341. The largest absolute Gasteiger partial charge is 0.367 e. The summed E-state index contributed by atoms with van der Waals surface area (Å²) in [5.41, 5.74) is 2.63. The minimum Gasteiger partial charge on any atom is -0.367 e. The van der Waals surface area contributed by atoms with Gasteiger partial charge in [-0.2, -0.15) is 16.6 Å². The Bertz CT molecular complexity index is 739. The first-order valence-corrected chi connectivity index (χ1v) is 8.79. The molecule has 1 N–H and O–H groups in total. The lowest BCUT2D eigenvalue weighted by Crippen LogP contribution is -2.49. The third-order valence-electron chi connectivity index (χ3n) is 3.96. The van der Waals surface area contributed by atoms with Gasteiger partial charge in [0.25, 0.3) is 0 Å². The van der Waals surface area contributed by atoms with Crippen molar-refractivity contribution in [2.45, 2.75) is 25.7 Å². The summed E-state index contributed by atoms with van der Waals surface area (Å²) in [6.45, 7) is 3.51. The summed E-state index contributed by atoms with van der Waals surface area (Å²) in [5.74, 6) is 0. The molecule has 2 atom stereocenters. The van der Waals surface area contributed by atoms with E-state index in [4.69, 9.17) is 10.00 Å². The molecule has 1 fully saturated rings. The summed E-state index contributed by atoms with van der Waals surface area (Å²) >= 11 is 1.63. The van der Waals surface area contributed by atoms with Gasteiger partial charge in [0, 0.05) is 13.1 Å². The van der Waals surface area contributed by atoms with Gasteiger partial charge in [-0.15, -0.1) is 0 Å². The number of carbonyl (C=O) groups is 1. The van der Waals surface area contributed by atoms with Gasteiger partial charge in [-0.05, 0) is 47.0 Å². The molecule has 1 aliphatic heterocycles. The van der Waals surface area contributed by atoms with Crippen LogP contribution in [-0.2, 0) is 11.3 Å². The summed E-state index contributed by atoms with van der Waals surface area (Å²) in [6.07, 6.45) is -0.0796. The number of rotatable bonds is 3. The molecule has 0 unspecified atom stereocenters. The number of urea groups is 1. The van der Waals surface area contributed by atoms with Gasteiger partial charge in [0.1, 0.15) is 6.10 Å². The van der Waals surface area contributed by atoms with Crippen molar-refractivity contribution in [3.05, 3.63) is 57.8 Å². The number of nitrogens with zero attached hydrogens (tertiary/aromatic N) is 2. The predicted octanol–water partition coefficient (Wildman–Crippen LogP) is 3.29. The summed E-state index contributed by atoms with van der Waals surface area (Å²) in [7, 11) is 0. The van der Waals surface area contributed by atoms with Crippen molar-refractivity contribution < 1.29 is 9.53 Å². The predicted molar refractivity (Wildman–Crippen MR) is 92.6 cm³/mol. The molecular weight excluding hydrogens is 322 g/mol. The molecule has 2 aromatic rings. The number of nitrogens with one attached hydrogen (secondary N) is 1. The lowest BCUT2D eigenvalue weighted by molar-refractivity contribution is -0.0655. The fourth-order valence-electron chi connectivity index (χ4n) is 2.80. The van der Waals surface area contributed by atoms with Gasteiger partial charge in [-0.3, -0.25) is 0 Å². The third-order valence-corrected chi connectivity index (χ3v) is 4.66. The number of thiophene rings is 1. The molecule has 5 nitrogen and oxygen atoms in total. The molecule has 2 heterocycles. The highest BCUT2D eigenvalue weighted by atomic mass is 32.1. The number of hydrogen-bond donors (Lipinski definition) is 1. The highest BCUT2D eigenvalue weighted by Crippen LogP contribution is 2.26. The van der Waals surface area contributed by atoms with Gasteiger partial charge < -0.3 is 15.0 Å². The van der Waals surface area contributed by atoms with Gasteiger partial charge >= 0.3 is 6.03 Å². The molecule has 2 amide bonds. The van der Waals surface area contributed by atoms with Crippen LogP contribution in [0.25, 0.3) is 0 Å². The van der Waals surface area contributed by atoms with Crippen LogP contribution < -0.4 is 5.32 Å². The second-order valence-electron chi connectivity index (χ2n) is 5.87. The fourth-order valence-corrected chi connectivity index (χ4v) is 3.50. The molecule has 3 rings (SSSR count). The minimum atomic E-state index is -0.104. The lowest BCUT2D eigenvalue weighted by Gasteiger charge is -2.36. The first-order valence-electron chi connectivity index (χ1n) is 7.85. The van der Waals surface area contributed by atoms with Crippen LogP contribution in [0, 0.1) is 11.3 Å². The van der Waals surface area contributed by atoms with Crippen LogP contribution in [0.3, 0.4) is 0 Å². The van der Waals surface area contributed by atoms with E-state index in [1.54, 1.807) is 28.4 Å². The summed E-state index contributed by atoms with van der Waals surface area (Å²) < 4.78 is 5.95. The Balaban J connectivity index is 1.60. The smallest absolute Gasteiger partial charge is 0.317 e. The number of amides is 2. The maximum absolute atomic E-state index is 12.5. The van der Waals surface area contributed by atoms with Crippen molar-refractivity contribution >= 4 is 17.4 Å². The molecule has 6 heteroatoms. The van der Waals surface area contributed by atoms with Crippen LogP contribution in [0.5, 0.6) is 0 Å². The molecule has 0 radical (unpaired) electrons. The molecule has 0 saturated carbocycles. The number of benzene rings is 1. The van der Waals surface area contributed by atoms with Crippen LogP contribution >= 0.6 is 11.3 Å². The standard InChI is InChI=1S/C18H19N3O2S/c1-13-10-21(11-17(23-13)16-5-6-24-12-16)18(22)20-9-15-4-2-3-14(7-15)8-19/h2-7,12-13,17H,9-11H2,1H3,(H,20,22)/t13-,17-/m0/s1. The van der Waals surface area contributed by atoms with Crippen molar-refractivity contribution in [2.24, 2.45) is 0 Å². The highest BCUT2D eigenvalue weighted by Gasteiger charge is 2.29. The molecule has 124 valence electrons. The van der Waals surface area contributed by atoms with Crippen LogP contribution in [0.4, 0.5) is 4.79 Å². The lowest BCUT2D eigenvalue weighted by atomic mass is 10.1. The second-order valence-corrected chi connectivity index (χ2v) is 6.65. The first kappa shape index (κ1) is 16.5. The molecule has 24 heavy (non-hydrogen) atoms. The molecule has 0 spiro atoms. The monoisotopic (exact) mass is 341 g/mol. The third kappa shape index (κ3) is 3.94. The molecule has 1 aromatic carbocycles. The number of morpholine rings is 1. The zero-order valence-electron chi connectivity index (χ0n) is 13.4. The van der Waals surface area contributed by atoms with Crippen molar-refractivity contribution in [1.82, 2.24) is 10.2 Å². The Morgan fingerprint density at radius 3 is 3.08 bits per heavy atom. The van der Waals surface area contributed by atoms with E-state index in [1.807, 2.05) is 30.5 Å². The normalized spacial score (nSPS) is 20.4. The van der Waals surface area contributed by atoms with E-state index >= 15 is 0 Å². The number of hydrogen-bond acceptors (Lipinski definition) is 4. The molecular formula is C18H19N3O2S. The van der Waals surface area contributed by atoms with E-state index in [0.717, 1.165) is 11.1 Å². The van der Waals surface area contributed by atoms with Gasteiger partial charge in [0.2, 0.25) is 0 Å². The van der Waals surface area contributed by atoms with Crippen LogP contribution in [0.15, 0.2) is 41.1 Å². The zero-order valence-corrected chi connectivity index (χ0v) is 14.3. The van der Waals surface area contributed by atoms with Gasteiger partial charge in [-0.1, -0.05) is 12.1 Å². The average Bonchev–Trinajstić information content (AvgIpc) is 3.14. The molecule has 1 aliphatic rings. The topological polar surface area (TPSA) is 65.4 Å². The second kappa shape index (κ2) is 7.47. The van der Waals surface area contributed by atoms with Crippen LogP contribution in [0.1, 0.15) is 29.7 Å². The number of ether oxygens (including phenoxy) is 1. The van der Waals surface area contributed by atoms with E-state index < -0.39 is 0 Å². The maximum atomic E-state index is 12.5. The van der Waals surface area contributed by atoms with Gasteiger partial charge in [-0.25, -0.2) is 4.79 Å². The van der Waals surface area contributed by atoms with Crippen molar-refractivity contribution in [3.8, 4) is 6.07 Å². The van der Waals surface area contributed by atoms with E-state index in [9.17, 15) is 4.79 Å². The molecule has 1 aromatic heterocycles. The number of nitriles is 1. The summed E-state index contributed by atoms with van der Waals surface area (Å²) in [5, 5.41) is 15.9. The average molecular weight is 341 g/mol. The number of carbonyl (C=O) groups excluding carboxylic acids is 1. The van der Waals surface area contributed by atoms with Gasteiger partial charge in [0.15, 0.2) is 0 Å². The Morgan fingerprint density at radius 2 is 2.33 bits per heavy atom. The van der Waals surface area contributed by atoms with E-state index in [0.29, 0.717) is 25.2 Å². The Morgan fingerprint density at radius 1 is 1.46 bits per heavy atom. The molecule has 1 saturated heterocycles. The first-order chi connectivity index (χ1) is 11.7. The summed E-state index contributed by atoms with van der Waals surface area (Å²) in [4.78, 5) is 14.3. The molecule has 0 aliphatic carbocycles. The van der Waals surface area contributed by atoms with Gasteiger partial charge in [0.05, 0.1) is 24.3 Å². The van der Waals surface area contributed by atoms with Crippen molar-refractivity contribution in [3.63, 3.8) is 0 Å². The quantitative estimate of drug-likeness (QED) is 0.931. The fraction of sp³-hybridized carbons (Fsp3) is 0.333. The zero-order chi connectivity index (χ0) is 16.9. The molecule has 0 bridgehead atoms. The maximum Gasteiger partial charge on any atom is 0.317 e. The van der Waals surface area contributed by atoms with Crippen LogP contribution in [-0.4, -0.2) is 30.1 Å². The van der Waals surface area contributed by atoms with Crippen molar-refractivity contribution in [2.75, 3.05) is 13.1 Å².